The Balaban J connectivity index is 1.10. The lowest BCUT2D eigenvalue weighted by Crippen LogP contribution is -2.02. The van der Waals surface area contributed by atoms with Gasteiger partial charge in [0, 0.05) is 49.6 Å². The van der Waals surface area contributed by atoms with Gasteiger partial charge in [-0.25, -0.2) is 15.0 Å². The molecular weight excluding hydrogens is 683 g/mol. The Bertz CT molecular complexity index is 3150. The van der Waals surface area contributed by atoms with E-state index >= 15 is 0 Å². The summed E-state index contributed by atoms with van der Waals surface area (Å²) in [6.45, 7) is 7.86. The maximum Gasteiger partial charge on any atom is 0.164 e. The minimum atomic E-state index is 0.547. The molecule has 0 spiro atoms. The number of fused-ring (bicyclic) bond motifs is 6. The van der Waals surface area contributed by atoms with Crippen LogP contribution in [-0.4, -0.2) is 24.1 Å². The Morgan fingerprint density at radius 2 is 0.911 bits per heavy atom. The van der Waals surface area contributed by atoms with Gasteiger partial charge in [0.05, 0.1) is 22.1 Å². The molecule has 0 bridgehead atoms. The van der Waals surface area contributed by atoms with Crippen LogP contribution in [0.25, 0.3) is 94.5 Å². The first-order chi connectivity index (χ1) is 27.7. The molecule has 7 aromatic carbocycles. The summed E-state index contributed by atoms with van der Waals surface area (Å²) in [6, 6.07) is 60.0. The standard InChI is InChI=1S/C51H35N5/c1-3-15-34(4-2)49-52-50(35-16-7-5-8-17-35)54-51(53-49)36-24-28-40(29-25-36)56-45-22-13-11-20-41(45)43-30-26-38(33-48(43)56)37-27-31-47-44(32-37)42-21-12-14-23-46(42)55(47)39-18-9-6-10-19-39/h3-33H,1-2H2. The second-order valence-electron chi connectivity index (χ2n) is 13.8. The molecule has 0 amide bonds. The summed E-state index contributed by atoms with van der Waals surface area (Å²) in [5.74, 6) is 1.74. The first-order valence-corrected chi connectivity index (χ1v) is 18.7. The van der Waals surface area contributed by atoms with Crippen molar-refractivity contribution >= 4 is 49.2 Å². The third-order valence-electron chi connectivity index (χ3n) is 10.5. The fourth-order valence-electron chi connectivity index (χ4n) is 7.91. The highest BCUT2D eigenvalue weighted by molar-refractivity contribution is 6.12. The van der Waals surface area contributed by atoms with Crippen LogP contribution in [0.5, 0.6) is 0 Å². The number of aromatic nitrogens is 5. The smallest absolute Gasteiger partial charge is 0.164 e. The zero-order chi connectivity index (χ0) is 37.6. The van der Waals surface area contributed by atoms with Crippen LogP contribution in [0, 0.1) is 0 Å². The normalized spacial score (nSPS) is 11.8. The highest BCUT2D eigenvalue weighted by Crippen LogP contribution is 2.38. The molecule has 10 rings (SSSR count). The van der Waals surface area contributed by atoms with Crippen molar-refractivity contribution in [2.75, 3.05) is 0 Å². The molecule has 0 radical (unpaired) electrons. The first-order valence-electron chi connectivity index (χ1n) is 18.7. The van der Waals surface area contributed by atoms with Gasteiger partial charge in [-0.05, 0) is 77.9 Å². The van der Waals surface area contributed by atoms with Crippen LogP contribution in [0.2, 0.25) is 0 Å². The fourth-order valence-corrected chi connectivity index (χ4v) is 7.91. The molecule has 5 nitrogen and oxygen atoms in total. The fraction of sp³-hybridized carbons (Fsp3) is 0. The van der Waals surface area contributed by atoms with Gasteiger partial charge in [-0.2, -0.15) is 0 Å². The molecule has 0 saturated heterocycles. The van der Waals surface area contributed by atoms with Gasteiger partial charge >= 0.3 is 0 Å². The van der Waals surface area contributed by atoms with Gasteiger partial charge in [0.15, 0.2) is 17.5 Å². The number of hydrogen-bond donors (Lipinski definition) is 0. The molecule has 5 heteroatoms. The average molecular weight is 718 g/mol. The summed E-state index contributed by atoms with van der Waals surface area (Å²) >= 11 is 0. The topological polar surface area (TPSA) is 48.5 Å². The Labute approximate surface area is 324 Å². The van der Waals surface area contributed by atoms with E-state index in [1.807, 2.05) is 36.4 Å². The predicted octanol–water partition coefficient (Wildman–Crippen LogP) is 12.8. The summed E-state index contributed by atoms with van der Waals surface area (Å²) < 4.78 is 4.71. The molecule has 0 fully saturated rings. The third-order valence-corrected chi connectivity index (χ3v) is 10.5. The van der Waals surface area contributed by atoms with Crippen LogP contribution in [-0.2, 0) is 0 Å². The van der Waals surface area contributed by atoms with Crippen LogP contribution in [0.3, 0.4) is 0 Å². The lowest BCUT2D eigenvalue weighted by atomic mass is 10.0. The van der Waals surface area contributed by atoms with E-state index in [0.29, 0.717) is 17.5 Å². The Morgan fingerprint density at radius 1 is 0.411 bits per heavy atom. The van der Waals surface area contributed by atoms with E-state index in [4.69, 9.17) is 15.0 Å². The van der Waals surface area contributed by atoms with Crippen molar-refractivity contribution in [2.45, 2.75) is 0 Å². The summed E-state index contributed by atoms with van der Waals surface area (Å²) in [4.78, 5) is 14.6. The van der Waals surface area contributed by atoms with Crippen molar-refractivity contribution in [1.29, 1.82) is 0 Å². The van der Waals surface area contributed by atoms with Gasteiger partial charge in [0.1, 0.15) is 0 Å². The molecule has 0 saturated carbocycles. The number of benzene rings is 7. The van der Waals surface area contributed by atoms with E-state index in [0.717, 1.165) is 44.7 Å². The van der Waals surface area contributed by atoms with Crippen LogP contribution in [0.4, 0.5) is 0 Å². The number of allylic oxidation sites excluding steroid dienone is 4. The van der Waals surface area contributed by atoms with E-state index in [1.165, 1.54) is 38.1 Å². The maximum absolute atomic E-state index is 4.93. The van der Waals surface area contributed by atoms with Crippen molar-refractivity contribution in [3.8, 4) is 45.3 Å². The van der Waals surface area contributed by atoms with Crippen molar-refractivity contribution in [1.82, 2.24) is 24.1 Å². The summed E-state index contributed by atoms with van der Waals surface area (Å²) in [5.41, 5.74) is 11.8. The molecule has 0 aliphatic rings. The SMILES string of the molecule is C=CC=C(C=C)c1nc(-c2ccccc2)nc(-c2ccc(-n3c4ccccc4c4ccc(-c5ccc6c(c5)c5ccccc5n6-c5ccccc5)cc43)cc2)n1. The quantitative estimate of drug-likeness (QED) is 0.147. The molecule has 264 valence electrons. The van der Waals surface area contributed by atoms with Gasteiger partial charge in [0.25, 0.3) is 0 Å². The van der Waals surface area contributed by atoms with Crippen molar-refractivity contribution in [3.05, 3.63) is 207 Å². The third kappa shape index (κ3) is 5.53. The molecule has 3 heterocycles. The van der Waals surface area contributed by atoms with Crippen molar-refractivity contribution in [3.63, 3.8) is 0 Å². The van der Waals surface area contributed by atoms with Gasteiger partial charge in [-0.3, -0.25) is 0 Å². The monoisotopic (exact) mass is 717 g/mol. The van der Waals surface area contributed by atoms with E-state index in [-0.39, 0.29) is 0 Å². The van der Waals surface area contributed by atoms with Crippen LogP contribution < -0.4 is 0 Å². The average Bonchev–Trinajstić information content (AvgIpc) is 3.78. The van der Waals surface area contributed by atoms with E-state index in [1.54, 1.807) is 12.2 Å². The maximum atomic E-state index is 4.93. The van der Waals surface area contributed by atoms with E-state index in [2.05, 4.69) is 162 Å². The number of para-hydroxylation sites is 3. The summed E-state index contributed by atoms with van der Waals surface area (Å²) in [5, 5.41) is 4.88. The Morgan fingerprint density at radius 3 is 1.59 bits per heavy atom. The van der Waals surface area contributed by atoms with Crippen molar-refractivity contribution in [2.24, 2.45) is 0 Å². The van der Waals surface area contributed by atoms with Crippen molar-refractivity contribution < 1.29 is 0 Å². The number of nitrogens with zero attached hydrogens (tertiary/aromatic N) is 5. The Hall–Kier alpha value is -7.63. The molecule has 0 unspecified atom stereocenters. The lowest BCUT2D eigenvalue weighted by Gasteiger charge is -2.11. The van der Waals surface area contributed by atoms with E-state index < -0.39 is 0 Å². The van der Waals surface area contributed by atoms with Gasteiger partial charge in [0.2, 0.25) is 0 Å². The minimum absolute atomic E-state index is 0.547. The number of hydrogen-bond acceptors (Lipinski definition) is 3. The molecular formula is C51H35N5. The Kier molecular flexibility index (Phi) is 8.04. The largest absolute Gasteiger partial charge is 0.309 e. The van der Waals surface area contributed by atoms with Crippen LogP contribution in [0.1, 0.15) is 5.82 Å². The molecule has 10 aromatic rings. The second kappa shape index (κ2) is 13.7. The molecule has 0 atom stereocenters. The van der Waals surface area contributed by atoms with Crippen LogP contribution in [0.15, 0.2) is 201 Å². The van der Waals surface area contributed by atoms with Gasteiger partial charge < -0.3 is 9.13 Å². The predicted molar refractivity (Wildman–Crippen MR) is 233 cm³/mol. The van der Waals surface area contributed by atoms with Gasteiger partial charge in [-0.15, -0.1) is 0 Å². The first kappa shape index (κ1) is 33.0. The minimum Gasteiger partial charge on any atom is -0.309 e. The number of rotatable bonds is 8. The van der Waals surface area contributed by atoms with Crippen LogP contribution >= 0.6 is 0 Å². The lowest BCUT2D eigenvalue weighted by molar-refractivity contribution is 1.04. The summed E-state index contributed by atoms with van der Waals surface area (Å²) in [7, 11) is 0. The molecule has 56 heavy (non-hydrogen) atoms. The van der Waals surface area contributed by atoms with Gasteiger partial charge in [-0.1, -0.05) is 135 Å². The molecule has 3 aromatic heterocycles. The highest BCUT2D eigenvalue weighted by atomic mass is 15.0. The molecule has 0 aliphatic heterocycles. The highest BCUT2D eigenvalue weighted by Gasteiger charge is 2.17. The zero-order valence-corrected chi connectivity index (χ0v) is 30.5. The summed E-state index contributed by atoms with van der Waals surface area (Å²) in [6.07, 6.45) is 5.33. The molecule has 0 aliphatic carbocycles. The zero-order valence-electron chi connectivity index (χ0n) is 30.5. The molecule has 0 N–H and O–H groups in total. The van der Waals surface area contributed by atoms with E-state index in [9.17, 15) is 0 Å². The second-order valence-corrected chi connectivity index (χ2v) is 13.8.